The Morgan fingerprint density at radius 3 is 2.53 bits per heavy atom. The highest BCUT2D eigenvalue weighted by atomic mass is 16.6. The first-order chi connectivity index (χ1) is 9.04. The summed E-state index contributed by atoms with van der Waals surface area (Å²) in [6.45, 7) is 3.67. The summed E-state index contributed by atoms with van der Waals surface area (Å²) in [4.78, 5) is 26.2. The van der Waals surface area contributed by atoms with E-state index in [-0.39, 0.29) is 11.4 Å². The number of carbonyl (C=O) groups excluding carboxylic acids is 1. The van der Waals surface area contributed by atoms with Crippen molar-refractivity contribution >= 4 is 17.4 Å². The van der Waals surface area contributed by atoms with Crippen molar-refractivity contribution in [2.45, 2.75) is 20.3 Å². The number of nitro groups is 1. The zero-order valence-electron chi connectivity index (χ0n) is 10.7. The Kier molecular flexibility index (Phi) is 5.46. The van der Waals surface area contributed by atoms with E-state index >= 15 is 0 Å². The highest BCUT2D eigenvalue weighted by Gasteiger charge is 2.08. The molecule has 0 atom stereocenters. The summed E-state index contributed by atoms with van der Waals surface area (Å²) in [5.41, 5.74) is 0.0298. The molecule has 1 rings (SSSR count). The molecule has 0 spiro atoms. The lowest BCUT2D eigenvalue weighted by Crippen LogP contribution is -2.15. The third-order valence-corrected chi connectivity index (χ3v) is 2.07. The van der Waals surface area contributed by atoms with Gasteiger partial charge in [-0.2, -0.15) is 0 Å². The molecule has 0 fully saturated rings. The molecule has 0 saturated heterocycles. The Labute approximate surface area is 110 Å². The second-order valence-electron chi connectivity index (χ2n) is 3.65. The first kappa shape index (κ1) is 14.6. The molecule has 0 bridgehead atoms. The van der Waals surface area contributed by atoms with E-state index in [4.69, 9.17) is 9.57 Å². The molecule has 0 amide bonds. The van der Waals surface area contributed by atoms with Crippen LogP contribution in [0.5, 0.6) is 5.75 Å². The number of rotatable bonds is 6. The fourth-order valence-electron chi connectivity index (χ4n) is 1.09. The van der Waals surface area contributed by atoms with Gasteiger partial charge in [0.2, 0.25) is 0 Å². The summed E-state index contributed by atoms with van der Waals surface area (Å²) in [6, 6.07) is 5.36. The molecule has 0 aliphatic carbocycles. The van der Waals surface area contributed by atoms with Crippen molar-refractivity contribution in [3.05, 3.63) is 34.4 Å². The summed E-state index contributed by atoms with van der Waals surface area (Å²) < 4.78 is 4.85. The Hall–Kier alpha value is -2.44. The zero-order chi connectivity index (χ0) is 14.3. The van der Waals surface area contributed by atoms with Crippen LogP contribution in [0.2, 0.25) is 0 Å². The Morgan fingerprint density at radius 2 is 2.00 bits per heavy atom. The van der Waals surface area contributed by atoms with Crippen LogP contribution in [-0.4, -0.2) is 23.2 Å². The number of hydrogen-bond acceptors (Lipinski definition) is 6. The van der Waals surface area contributed by atoms with Crippen molar-refractivity contribution in [1.82, 2.24) is 0 Å². The van der Waals surface area contributed by atoms with Gasteiger partial charge in [-0.15, -0.1) is 0 Å². The SMILES string of the molecule is CCCOC(=O)C(C)=NOc1ccc([N+](=O)[O-])cc1. The molecule has 0 N–H and O–H groups in total. The molecule has 1 aromatic carbocycles. The first-order valence-corrected chi connectivity index (χ1v) is 5.67. The van der Waals surface area contributed by atoms with Crippen molar-refractivity contribution in [2.75, 3.05) is 6.61 Å². The number of nitro benzene ring substituents is 1. The molecule has 0 unspecified atom stereocenters. The number of non-ortho nitro benzene ring substituents is 1. The molecule has 1 aromatic rings. The first-order valence-electron chi connectivity index (χ1n) is 5.67. The monoisotopic (exact) mass is 266 g/mol. The van der Waals surface area contributed by atoms with Crippen molar-refractivity contribution in [3.63, 3.8) is 0 Å². The molecule has 0 aliphatic heterocycles. The molecule has 0 heterocycles. The van der Waals surface area contributed by atoms with Gasteiger partial charge in [-0.25, -0.2) is 4.79 Å². The van der Waals surface area contributed by atoms with Gasteiger partial charge in [0.15, 0.2) is 11.5 Å². The average molecular weight is 266 g/mol. The van der Waals surface area contributed by atoms with E-state index in [0.717, 1.165) is 6.42 Å². The summed E-state index contributed by atoms with van der Waals surface area (Å²) in [6.07, 6.45) is 0.724. The largest absolute Gasteiger partial charge is 0.461 e. The smallest absolute Gasteiger partial charge is 0.355 e. The third-order valence-electron chi connectivity index (χ3n) is 2.07. The predicted octanol–water partition coefficient (Wildman–Crippen LogP) is 2.30. The predicted molar refractivity (Wildman–Crippen MR) is 68.1 cm³/mol. The Morgan fingerprint density at radius 1 is 1.37 bits per heavy atom. The second kappa shape index (κ2) is 7.10. The van der Waals surface area contributed by atoms with Crippen LogP contribution in [-0.2, 0) is 9.53 Å². The normalized spacial score (nSPS) is 10.9. The fourth-order valence-corrected chi connectivity index (χ4v) is 1.09. The topological polar surface area (TPSA) is 91.0 Å². The highest BCUT2D eigenvalue weighted by Crippen LogP contribution is 2.17. The third kappa shape index (κ3) is 4.74. The summed E-state index contributed by atoms with van der Waals surface area (Å²) in [5.74, 6) is -0.253. The highest BCUT2D eigenvalue weighted by molar-refractivity contribution is 6.35. The quantitative estimate of drug-likeness (QED) is 0.341. The van der Waals surface area contributed by atoms with Crippen LogP contribution in [0, 0.1) is 10.1 Å². The van der Waals surface area contributed by atoms with E-state index < -0.39 is 10.9 Å². The molecule has 19 heavy (non-hydrogen) atoms. The fraction of sp³-hybridized carbons (Fsp3) is 0.333. The maximum absolute atomic E-state index is 11.3. The van der Waals surface area contributed by atoms with Crippen LogP contribution < -0.4 is 4.84 Å². The van der Waals surface area contributed by atoms with Crippen molar-refractivity contribution < 1.29 is 19.3 Å². The van der Waals surface area contributed by atoms with Crippen molar-refractivity contribution in [3.8, 4) is 5.75 Å². The van der Waals surface area contributed by atoms with Gasteiger partial charge in [0.05, 0.1) is 11.5 Å². The van der Waals surface area contributed by atoms with E-state index in [2.05, 4.69) is 5.16 Å². The number of hydrogen-bond donors (Lipinski definition) is 0. The standard InChI is InChI=1S/C12H14N2O5/c1-3-8-18-12(15)9(2)13-19-11-6-4-10(5-7-11)14(16)17/h4-7H,3,8H2,1-2H3. The van der Waals surface area contributed by atoms with Gasteiger partial charge in [-0.3, -0.25) is 10.1 Å². The molecule has 0 radical (unpaired) electrons. The number of benzene rings is 1. The number of oxime groups is 1. The number of nitrogens with zero attached hydrogens (tertiary/aromatic N) is 2. The lowest BCUT2D eigenvalue weighted by molar-refractivity contribution is -0.384. The van der Waals surface area contributed by atoms with Crippen LogP contribution >= 0.6 is 0 Å². The Bertz CT molecular complexity index is 481. The molecule has 0 saturated carbocycles. The summed E-state index contributed by atoms with van der Waals surface area (Å²) in [5, 5.41) is 14.0. The second-order valence-corrected chi connectivity index (χ2v) is 3.65. The van der Waals surface area contributed by atoms with Crippen molar-refractivity contribution in [1.29, 1.82) is 0 Å². The van der Waals surface area contributed by atoms with Crippen LogP contribution in [0.15, 0.2) is 29.4 Å². The average Bonchev–Trinajstić information content (AvgIpc) is 2.42. The van der Waals surface area contributed by atoms with Crippen LogP contribution in [0.4, 0.5) is 5.69 Å². The Balaban J connectivity index is 2.59. The van der Waals surface area contributed by atoms with E-state index in [9.17, 15) is 14.9 Å². The van der Waals surface area contributed by atoms with Crippen LogP contribution in [0.25, 0.3) is 0 Å². The van der Waals surface area contributed by atoms with Gasteiger partial charge < -0.3 is 9.57 Å². The summed E-state index contributed by atoms with van der Waals surface area (Å²) >= 11 is 0. The van der Waals surface area contributed by atoms with Crippen LogP contribution in [0.1, 0.15) is 20.3 Å². The minimum absolute atomic E-state index is 0.0459. The van der Waals surface area contributed by atoms with Gasteiger partial charge in [0.25, 0.3) is 5.69 Å². The lowest BCUT2D eigenvalue weighted by atomic mass is 10.3. The van der Waals surface area contributed by atoms with E-state index in [1.807, 2.05) is 6.92 Å². The molecule has 7 nitrogen and oxygen atoms in total. The van der Waals surface area contributed by atoms with E-state index in [0.29, 0.717) is 12.4 Å². The van der Waals surface area contributed by atoms with Gasteiger partial charge in [-0.1, -0.05) is 12.1 Å². The molecule has 0 aliphatic rings. The van der Waals surface area contributed by atoms with E-state index in [1.54, 1.807) is 0 Å². The van der Waals surface area contributed by atoms with Gasteiger partial charge in [0, 0.05) is 12.1 Å². The maximum Gasteiger partial charge on any atom is 0.355 e. The van der Waals surface area contributed by atoms with Crippen LogP contribution in [0.3, 0.4) is 0 Å². The number of esters is 1. The molecule has 102 valence electrons. The molecule has 0 aromatic heterocycles. The molecule has 7 heteroatoms. The van der Waals surface area contributed by atoms with Gasteiger partial charge in [0.1, 0.15) is 0 Å². The molecular formula is C12H14N2O5. The number of ether oxygens (including phenoxy) is 1. The van der Waals surface area contributed by atoms with E-state index in [1.165, 1.54) is 31.2 Å². The molecular weight excluding hydrogens is 252 g/mol. The zero-order valence-corrected chi connectivity index (χ0v) is 10.7. The van der Waals surface area contributed by atoms with Gasteiger partial charge >= 0.3 is 5.97 Å². The van der Waals surface area contributed by atoms with Gasteiger partial charge in [-0.05, 0) is 25.5 Å². The maximum atomic E-state index is 11.3. The van der Waals surface area contributed by atoms with Crippen molar-refractivity contribution in [2.24, 2.45) is 5.16 Å². The minimum atomic E-state index is -0.552. The number of carbonyl (C=O) groups is 1. The lowest BCUT2D eigenvalue weighted by Gasteiger charge is -2.02. The summed E-state index contributed by atoms with van der Waals surface area (Å²) in [7, 11) is 0. The minimum Gasteiger partial charge on any atom is -0.461 e.